The number of esters is 1. The summed E-state index contributed by atoms with van der Waals surface area (Å²) < 4.78 is 15.4. The maximum Gasteiger partial charge on any atom is 0.407 e. The van der Waals surface area contributed by atoms with E-state index in [0.717, 1.165) is 11.1 Å². The highest BCUT2D eigenvalue weighted by Gasteiger charge is 2.36. The van der Waals surface area contributed by atoms with Crippen LogP contribution >= 0.6 is 0 Å². The predicted molar refractivity (Wildman–Crippen MR) is 169 cm³/mol. The second-order valence-corrected chi connectivity index (χ2v) is 11.0. The molecule has 3 rings (SSSR count). The van der Waals surface area contributed by atoms with Gasteiger partial charge in [0.15, 0.2) is 0 Å². The van der Waals surface area contributed by atoms with Crippen molar-refractivity contribution in [3.05, 3.63) is 71.8 Å². The number of rotatable bonds is 17. The quantitative estimate of drug-likeness (QED) is 0.111. The highest BCUT2D eigenvalue weighted by molar-refractivity contribution is 5.94. The van der Waals surface area contributed by atoms with Gasteiger partial charge >= 0.3 is 12.1 Å². The summed E-state index contributed by atoms with van der Waals surface area (Å²) in [6, 6.07) is 16.5. The van der Waals surface area contributed by atoms with Crippen LogP contribution in [0, 0.1) is 5.92 Å². The van der Waals surface area contributed by atoms with Gasteiger partial charge in [0.25, 0.3) is 0 Å². The number of hydrogen-bond donors (Lipinski definition) is 4. The molecule has 0 bridgehead atoms. The smallest absolute Gasteiger partial charge is 0.407 e. The molecule has 0 aromatic heterocycles. The van der Waals surface area contributed by atoms with Gasteiger partial charge in [-0.25, -0.2) is 9.59 Å². The van der Waals surface area contributed by atoms with E-state index >= 15 is 0 Å². The Balaban J connectivity index is 1.39. The van der Waals surface area contributed by atoms with Crippen LogP contribution in [0.1, 0.15) is 44.2 Å². The molecule has 1 aliphatic heterocycles. The van der Waals surface area contributed by atoms with Gasteiger partial charge in [-0.2, -0.15) is 0 Å². The van der Waals surface area contributed by atoms with Crippen LogP contribution in [0.4, 0.5) is 4.79 Å². The van der Waals surface area contributed by atoms with Crippen molar-refractivity contribution < 1.29 is 43.0 Å². The Kier molecular flexibility index (Phi) is 15.2. The van der Waals surface area contributed by atoms with Gasteiger partial charge in [-0.15, -0.1) is 0 Å². The number of hydrogen-bond acceptors (Lipinski definition) is 9. The van der Waals surface area contributed by atoms with Crippen LogP contribution in [0.3, 0.4) is 0 Å². The van der Waals surface area contributed by atoms with Gasteiger partial charge in [0.2, 0.25) is 23.6 Å². The third kappa shape index (κ3) is 12.7. The molecule has 5 amide bonds. The molecule has 3 atom stereocenters. The molecule has 14 nitrogen and oxygen atoms in total. The fourth-order valence-electron chi connectivity index (χ4n) is 4.70. The van der Waals surface area contributed by atoms with Gasteiger partial charge in [0, 0.05) is 6.54 Å². The van der Waals surface area contributed by atoms with Crippen LogP contribution in [0.2, 0.25) is 0 Å². The SMILES string of the molecule is CC[C@H](C)[C@H](NC(=O)[C@@H]1CCCN1C(=O)CNC(=O)CNC(=O)OCc1ccccc1)C(=O)NCOCC(=O)OCc1ccccc1. The molecule has 2 aromatic carbocycles. The number of alkyl carbamates (subject to hydrolysis) is 1. The van der Waals surface area contributed by atoms with Crippen molar-refractivity contribution in [2.45, 2.75) is 58.4 Å². The fraction of sp³-hybridized carbons (Fsp3) is 0.455. The molecule has 0 saturated carbocycles. The highest BCUT2D eigenvalue weighted by Crippen LogP contribution is 2.19. The Morgan fingerprint density at radius 2 is 1.49 bits per heavy atom. The Labute approximate surface area is 273 Å². The minimum absolute atomic E-state index is 0.0462. The number of carbonyl (C=O) groups is 6. The first-order chi connectivity index (χ1) is 22.7. The summed E-state index contributed by atoms with van der Waals surface area (Å²) in [6.45, 7) is 2.75. The van der Waals surface area contributed by atoms with Crippen molar-refractivity contribution >= 4 is 35.7 Å². The lowest BCUT2D eigenvalue weighted by molar-refractivity contribution is -0.151. The zero-order valence-corrected chi connectivity index (χ0v) is 26.7. The van der Waals surface area contributed by atoms with Gasteiger partial charge in [0.05, 0.1) is 6.54 Å². The van der Waals surface area contributed by atoms with Crippen molar-refractivity contribution in [2.24, 2.45) is 5.92 Å². The van der Waals surface area contributed by atoms with Gasteiger partial charge in [0.1, 0.15) is 45.2 Å². The summed E-state index contributed by atoms with van der Waals surface area (Å²) >= 11 is 0. The average molecular weight is 654 g/mol. The third-order valence-electron chi connectivity index (χ3n) is 7.52. The van der Waals surface area contributed by atoms with Gasteiger partial charge in [-0.1, -0.05) is 80.9 Å². The summed E-state index contributed by atoms with van der Waals surface area (Å²) in [4.78, 5) is 76.5. The first-order valence-corrected chi connectivity index (χ1v) is 15.5. The van der Waals surface area contributed by atoms with E-state index in [0.29, 0.717) is 25.8 Å². The molecule has 0 spiro atoms. The standard InChI is InChI=1S/C33H43N5O9/c1-3-23(2)30(32(43)36-22-45-21-29(41)46-19-24-11-6-4-7-12-24)37-31(42)26-15-10-16-38(26)28(40)18-34-27(39)17-35-33(44)47-20-25-13-8-5-9-14-25/h4-9,11-14,23,26,30H,3,10,15-22H2,1-2H3,(H,34,39)(H,35,44)(H,36,43)(H,37,42)/t23-,26-,30-/m0/s1. The minimum atomic E-state index is -0.911. The summed E-state index contributed by atoms with van der Waals surface area (Å²) in [5.41, 5.74) is 1.63. The Bertz CT molecular complexity index is 1340. The van der Waals surface area contributed by atoms with Crippen LogP contribution in [0.5, 0.6) is 0 Å². The van der Waals surface area contributed by atoms with E-state index in [2.05, 4.69) is 21.3 Å². The van der Waals surface area contributed by atoms with Crippen LogP contribution in [-0.4, -0.2) is 85.6 Å². The van der Waals surface area contributed by atoms with E-state index < -0.39 is 54.3 Å². The summed E-state index contributed by atoms with van der Waals surface area (Å²) in [6.07, 6.45) is 0.766. The number of benzene rings is 2. The highest BCUT2D eigenvalue weighted by atomic mass is 16.6. The van der Waals surface area contributed by atoms with Crippen molar-refractivity contribution in [2.75, 3.05) is 33.0 Å². The molecular formula is C33H43N5O9. The Hall–Kier alpha value is -4.98. The first kappa shape index (κ1) is 36.5. The van der Waals surface area contributed by atoms with E-state index in [-0.39, 0.29) is 39.0 Å². The molecule has 0 radical (unpaired) electrons. The topological polar surface area (TPSA) is 181 Å². The van der Waals surface area contributed by atoms with Gasteiger partial charge in [-0.3, -0.25) is 19.2 Å². The van der Waals surface area contributed by atoms with E-state index in [1.165, 1.54) is 4.90 Å². The normalized spacial score (nSPS) is 15.1. The second-order valence-electron chi connectivity index (χ2n) is 11.0. The zero-order chi connectivity index (χ0) is 34.0. The molecule has 0 unspecified atom stereocenters. The predicted octanol–water partition coefficient (Wildman–Crippen LogP) is 1.38. The molecule has 1 fully saturated rings. The third-order valence-corrected chi connectivity index (χ3v) is 7.52. The van der Waals surface area contributed by atoms with Crippen molar-refractivity contribution in [1.82, 2.24) is 26.2 Å². The lowest BCUT2D eigenvalue weighted by Crippen LogP contribution is -2.56. The summed E-state index contributed by atoms with van der Waals surface area (Å²) in [5.74, 6) is -2.89. The molecule has 254 valence electrons. The molecule has 1 saturated heterocycles. The number of carbonyl (C=O) groups excluding carboxylic acids is 6. The molecule has 4 N–H and O–H groups in total. The van der Waals surface area contributed by atoms with Crippen LogP contribution in [0.15, 0.2) is 60.7 Å². The first-order valence-electron chi connectivity index (χ1n) is 15.5. The second kappa shape index (κ2) is 19.5. The molecule has 47 heavy (non-hydrogen) atoms. The Morgan fingerprint density at radius 1 is 0.851 bits per heavy atom. The molecule has 0 aliphatic carbocycles. The van der Waals surface area contributed by atoms with E-state index in [1.807, 2.05) is 62.4 Å². The maximum atomic E-state index is 13.3. The fourth-order valence-corrected chi connectivity index (χ4v) is 4.70. The van der Waals surface area contributed by atoms with Crippen molar-refractivity contribution in [1.29, 1.82) is 0 Å². The molecular weight excluding hydrogens is 610 g/mol. The molecule has 1 heterocycles. The number of amides is 5. The lowest BCUT2D eigenvalue weighted by Gasteiger charge is -2.28. The molecule has 14 heteroatoms. The maximum absolute atomic E-state index is 13.3. The van der Waals surface area contributed by atoms with Crippen LogP contribution in [-0.2, 0) is 51.4 Å². The van der Waals surface area contributed by atoms with Gasteiger partial charge < -0.3 is 40.4 Å². The monoisotopic (exact) mass is 653 g/mol. The zero-order valence-electron chi connectivity index (χ0n) is 26.7. The number of ether oxygens (including phenoxy) is 3. The van der Waals surface area contributed by atoms with Gasteiger partial charge in [-0.05, 0) is 29.9 Å². The number of likely N-dealkylation sites (tertiary alicyclic amines) is 1. The van der Waals surface area contributed by atoms with E-state index in [9.17, 15) is 28.8 Å². The number of nitrogens with zero attached hydrogens (tertiary/aromatic N) is 1. The van der Waals surface area contributed by atoms with E-state index in [4.69, 9.17) is 14.2 Å². The summed E-state index contributed by atoms with van der Waals surface area (Å²) in [5, 5.41) is 10.1. The van der Waals surface area contributed by atoms with Crippen LogP contribution in [0.25, 0.3) is 0 Å². The van der Waals surface area contributed by atoms with Crippen molar-refractivity contribution in [3.63, 3.8) is 0 Å². The summed E-state index contributed by atoms with van der Waals surface area (Å²) in [7, 11) is 0. The molecule has 1 aliphatic rings. The average Bonchev–Trinajstić information content (AvgIpc) is 3.59. The Morgan fingerprint density at radius 3 is 2.13 bits per heavy atom. The largest absolute Gasteiger partial charge is 0.459 e. The molecule has 2 aromatic rings. The minimum Gasteiger partial charge on any atom is -0.459 e. The van der Waals surface area contributed by atoms with Crippen LogP contribution < -0.4 is 21.3 Å². The number of nitrogens with one attached hydrogen (secondary N) is 4. The van der Waals surface area contributed by atoms with E-state index in [1.54, 1.807) is 12.1 Å². The lowest BCUT2D eigenvalue weighted by atomic mass is 9.97. The van der Waals surface area contributed by atoms with Crippen molar-refractivity contribution in [3.8, 4) is 0 Å².